The van der Waals surface area contributed by atoms with Crippen LogP contribution in [0.15, 0.2) is 35.1 Å². The summed E-state index contributed by atoms with van der Waals surface area (Å²) in [6, 6.07) is 8.52. The molecule has 0 radical (unpaired) electrons. The topological polar surface area (TPSA) is 140 Å². The molecule has 2 aromatic heterocycles. The highest BCUT2D eigenvalue weighted by Gasteiger charge is 2.28. The highest BCUT2D eigenvalue weighted by atomic mass is 32.2. The molecule has 1 aromatic carbocycles. The van der Waals surface area contributed by atoms with E-state index in [1.54, 1.807) is 37.4 Å². The summed E-state index contributed by atoms with van der Waals surface area (Å²) in [5, 5.41) is 10.8. The molecule has 1 aliphatic carbocycles. The van der Waals surface area contributed by atoms with E-state index in [1.807, 2.05) is 0 Å². The van der Waals surface area contributed by atoms with Crippen LogP contribution < -0.4 is 16.0 Å². The number of nitrogens with two attached hydrogens (primary N) is 1. The summed E-state index contributed by atoms with van der Waals surface area (Å²) in [4.78, 5) is 29.7. The fraction of sp³-hybridized carbons (Fsp3) is 0.316. The molecule has 1 fully saturated rings. The van der Waals surface area contributed by atoms with Crippen LogP contribution >= 0.6 is 0 Å². The van der Waals surface area contributed by atoms with Gasteiger partial charge >= 0.3 is 0 Å². The van der Waals surface area contributed by atoms with Crippen LogP contribution in [0, 0.1) is 0 Å². The highest BCUT2D eigenvalue weighted by molar-refractivity contribution is 7.88. The maximum Gasteiger partial charge on any atom is 0.274 e. The molecule has 4 rings (SSSR count). The van der Waals surface area contributed by atoms with E-state index in [-0.39, 0.29) is 29.2 Å². The lowest BCUT2D eigenvalue weighted by atomic mass is 10.1. The summed E-state index contributed by atoms with van der Waals surface area (Å²) in [6.45, 7) is 0.185. The first kappa shape index (κ1) is 19.3. The van der Waals surface area contributed by atoms with Crippen molar-refractivity contribution < 1.29 is 13.2 Å². The second-order valence-electron chi connectivity index (χ2n) is 7.38. The van der Waals surface area contributed by atoms with E-state index in [0.717, 1.165) is 24.1 Å². The number of sulfonamides is 1. The van der Waals surface area contributed by atoms with Crippen LogP contribution in [0.3, 0.4) is 0 Å². The number of fused-ring (bicyclic) bond motifs is 1. The minimum Gasteiger partial charge on any atom is -0.348 e. The predicted molar refractivity (Wildman–Crippen MR) is 108 cm³/mol. The third-order valence-electron chi connectivity index (χ3n) is 4.89. The molecule has 0 aliphatic heterocycles. The molecule has 1 aliphatic rings. The standard InChI is InChI=1S/C19H21N5O4S/c1-24-17-16(19(26)23-24)14(8-15(22-17)13-5-6-13)18(25)21-9-11-3-2-4-12(7-11)10-29(20,27)28/h2-4,7-8,13H,5-6,9-10H2,1H3,(H,21,25)(H,23,26)(H2,20,27,28). The molecule has 2 heterocycles. The zero-order valence-electron chi connectivity index (χ0n) is 15.8. The van der Waals surface area contributed by atoms with E-state index in [4.69, 9.17) is 5.14 Å². The maximum absolute atomic E-state index is 12.9. The van der Waals surface area contributed by atoms with Gasteiger partial charge in [0.1, 0.15) is 0 Å². The SMILES string of the molecule is Cn1[nH]c(=O)c2c(C(=O)NCc3cccc(CS(N)(=O)=O)c3)cc(C3CC3)nc21. The van der Waals surface area contributed by atoms with Gasteiger partial charge in [-0.05, 0) is 30.0 Å². The number of amides is 1. The molecule has 4 N–H and O–H groups in total. The van der Waals surface area contributed by atoms with E-state index in [2.05, 4.69) is 15.4 Å². The number of H-pyrrole nitrogens is 1. The Balaban J connectivity index is 1.60. The molecule has 3 aromatic rings. The van der Waals surface area contributed by atoms with Crippen molar-refractivity contribution in [3.8, 4) is 0 Å². The Morgan fingerprint density at radius 2 is 2.03 bits per heavy atom. The van der Waals surface area contributed by atoms with Crippen molar-refractivity contribution in [3.05, 3.63) is 63.1 Å². The van der Waals surface area contributed by atoms with Crippen molar-refractivity contribution in [1.29, 1.82) is 0 Å². The van der Waals surface area contributed by atoms with Crippen LogP contribution in [0.2, 0.25) is 0 Å². The molecule has 10 heteroatoms. The number of hydrogen-bond donors (Lipinski definition) is 3. The number of nitrogens with one attached hydrogen (secondary N) is 2. The van der Waals surface area contributed by atoms with E-state index in [0.29, 0.717) is 22.7 Å². The van der Waals surface area contributed by atoms with Crippen LogP contribution in [0.5, 0.6) is 0 Å². The second kappa shape index (κ2) is 7.12. The number of carbonyl (C=O) groups excluding carboxylic acids is 1. The van der Waals surface area contributed by atoms with Gasteiger partial charge in [0.15, 0.2) is 5.65 Å². The average molecular weight is 415 g/mol. The van der Waals surface area contributed by atoms with Gasteiger partial charge in [0, 0.05) is 25.2 Å². The predicted octanol–water partition coefficient (Wildman–Crippen LogP) is 0.858. The van der Waals surface area contributed by atoms with Crippen LogP contribution in [0.25, 0.3) is 11.0 Å². The summed E-state index contributed by atoms with van der Waals surface area (Å²) < 4.78 is 24.1. The molecule has 1 saturated carbocycles. The van der Waals surface area contributed by atoms with Crippen molar-refractivity contribution in [2.75, 3.05) is 0 Å². The summed E-state index contributed by atoms with van der Waals surface area (Å²) in [6.07, 6.45) is 2.05. The molecule has 29 heavy (non-hydrogen) atoms. The van der Waals surface area contributed by atoms with E-state index >= 15 is 0 Å². The Bertz CT molecular complexity index is 1270. The minimum absolute atomic E-state index is 0.185. The van der Waals surface area contributed by atoms with Gasteiger partial charge in [-0.25, -0.2) is 18.5 Å². The maximum atomic E-state index is 12.9. The Kier molecular flexibility index (Phi) is 4.75. The molecule has 0 spiro atoms. The number of primary sulfonamides is 1. The van der Waals surface area contributed by atoms with Gasteiger partial charge in [-0.15, -0.1) is 0 Å². The Hall–Kier alpha value is -2.98. The number of aryl methyl sites for hydroxylation is 1. The Morgan fingerprint density at radius 3 is 2.72 bits per heavy atom. The first-order chi connectivity index (χ1) is 13.7. The lowest BCUT2D eigenvalue weighted by molar-refractivity contribution is 0.0952. The van der Waals surface area contributed by atoms with Crippen molar-refractivity contribution in [1.82, 2.24) is 20.1 Å². The fourth-order valence-corrected chi connectivity index (χ4v) is 4.03. The monoisotopic (exact) mass is 415 g/mol. The first-order valence-corrected chi connectivity index (χ1v) is 10.9. The molecule has 0 atom stereocenters. The van der Waals surface area contributed by atoms with E-state index in [9.17, 15) is 18.0 Å². The fourth-order valence-electron chi connectivity index (χ4n) is 3.39. The van der Waals surface area contributed by atoms with Gasteiger partial charge < -0.3 is 5.32 Å². The Labute approximate surface area is 167 Å². The van der Waals surface area contributed by atoms with Crippen LogP contribution in [-0.2, 0) is 29.4 Å². The molecule has 0 saturated heterocycles. The van der Waals surface area contributed by atoms with Gasteiger partial charge in [0.2, 0.25) is 10.0 Å². The van der Waals surface area contributed by atoms with Gasteiger partial charge in [0.05, 0.1) is 16.7 Å². The third-order valence-corrected chi connectivity index (χ3v) is 5.62. The number of aromatic amines is 1. The average Bonchev–Trinajstić information content (AvgIpc) is 3.45. The van der Waals surface area contributed by atoms with Gasteiger partial charge in [-0.1, -0.05) is 24.3 Å². The van der Waals surface area contributed by atoms with E-state index in [1.165, 1.54) is 4.68 Å². The van der Waals surface area contributed by atoms with Crippen molar-refractivity contribution >= 4 is 27.0 Å². The molecule has 9 nitrogen and oxygen atoms in total. The molecule has 152 valence electrons. The zero-order chi connectivity index (χ0) is 20.8. The zero-order valence-corrected chi connectivity index (χ0v) is 16.6. The van der Waals surface area contributed by atoms with E-state index < -0.39 is 10.0 Å². The third kappa shape index (κ3) is 4.22. The number of aromatic nitrogens is 3. The normalized spacial score (nSPS) is 14.3. The summed E-state index contributed by atoms with van der Waals surface area (Å²) in [5.74, 6) is -0.331. The van der Waals surface area contributed by atoms with Crippen molar-refractivity contribution in [2.24, 2.45) is 12.2 Å². The van der Waals surface area contributed by atoms with Gasteiger partial charge in [0.25, 0.3) is 11.5 Å². The molecular weight excluding hydrogens is 394 g/mol. The smallest absolute Gasteiger partial charge is 0.274 e. The number of benzene rings is 1. The number of rotatable bonds is 6. The van der Waals surface area contributed by atoms with Crippen molar-refractivity contribution in [2.45, 2.75) is 31.1 Å². The lowest BCUT2D eigenvalue weighted by Crippen LogP contribution is -2.24. The summed E-state index contributed by atoms with van der Waals surface area (Å²) >= 11 is 0. The number of nitrogens with zero attached hydrogens (tertiary/aromatic N) is 2. The van der Waals surface area contributed by atoms with Crippen LogP contribution in [0.4, 0.5) is 0 Å². The highest BCUT2D eigenvalue weighted by Crippen LogP contribution is 2.39. The van der Waals surface area contributed by atoms with Crippen LogP contribution in [-0.4, -0.2) is 29.1 Å². The second-order valence-corrected chi connectivity index (χ2v) is 8.99. The quantitative estimate of drug-likeness (QED) is 0.548. The number of pyridine rings is 1. The number of carbonyl (C=O) groups is 1. The molecule has 0 bridgehead atoms. The molecule has 1 amide bonds. The van der Waals surface area contributed by atoms with Gasteiger partial charge in [-0.2, -0.15) is 0 Å². The Morgan fingerprint density at radius 1 is 1.31 bits per heavy atom. The molecular formula is C19H21N5O4S. The largest absolute Gasteiger partial charge is 0.348 e. The minimum atomic E-state index is -3.64. The van der Waals surface area contributed by atoms with Crippen molar-refractivity contribution in [3.63, 3.8) is 0 Å². The molecule has 0 unspecified atom stereocenters. The summed E-state index contributed by atoms with van der Waals surface area (Å²) in [7, 11) is -1.95. The van der Waals surface area contributed by atoms with Crippen LogP contribution in [0.1, 0.15) is 45.9 Å². The summed E-state index contributed by atoms with van der Waals surface area (Å²) in [5.41, 5.74) is 2.47. The number of hydrogen-bond acceptors (Lipinski definition) is 5. The van der Waals surface area contributed by atoms with Gasteiger partial charge in [-0.3, -0.25) is 19.4 Å². The lowest BCUT2D eigenvalue weighted by Gasteiger charge is -2.09. The first-order valence-electron chi connectivity index (χ1n) is 9.17.